The van der Waals surface area contributed by atoms with Crippen molar-refractivity contribution in [3.8, 4) is 5.75 Å². The van der Waals surface area contributed by atoms with Crippen LogP contribution in [0.5, 0.6) is 5.75 Å². The lowest BCUT2D eigenvalue weighted by Gasteiger charge is -2.18. The zero-order valence-electron chi connectivity index (χ0n) is 12.8. The van der Waals surface area contributed by atoms with Crippen molar-refractivity contribution in [1.82, 2.24) is 4.90 Å². The van der Waals surface area contributed by atoms with E-state index in [1.54, 1.807) is 42.3 Å². The molecule has 0 spiro atoms. The van der Waals surface area contributed by atoms with E-state index in [9.17, 15) is 14.3 Å². The van der Waals surface area contributed by atoms with Gasteiger partial charge in [-0.25, -0.2) is 4.39 Å². The van der Waals surface area contributed by atoms with E-state index >= 15 is 0 Å². The number of hydrogen-bond acceptors (Lipinski definition) is 2. The average molecular weight is 301 g/mol. The first-order valence-corrected chi connectivity index (χ1v) is 7.22. The number of halogens is 1. The fourth-order valence-electron chi connectivity index (χ4n) is 2.25. The number of nitrogens with zero attached hydrogens (tertiary/aromatic N) is 1. The third-order valence-electron chi connectivity index (χ3n) is 3.74. The zero-order chi connectivity index (χ0) is 16.1. The first kappa shape index (κ1) is 16.0. The smallest absolute Gasteiger partial charge is 0.226 e. The fraction of sp³-hybridized carbons (Fsp3) is 0.278. The van der Waals surface area contributed by atoms with Gasteiger partial charge in [0.1, 0.15) is 11.6 Å². The Morgan fingerprint density at radius 3 is 2.50 bits per heavy atom. The zero-order valence-corrected chi connectivity index (χ0v) is 12.8. The normalized spacial score (nSPS) is 10.5. The van der Waals surface area contributed by atoms with E-state index < -0.39 is 0 Å². The lowest BCUT2D eigenvalue weighted by Crippen LogP contribution is -2.30. The summed E-state index contributed by atoms with van der Waals surface area (Å²) in [5.41, 5.74) is 2.82. The maximum Gasteiger partial charge on any atom is 0.226 e. The van der Waals surface area contributed by atoms with E-state index in [1.165, 1.54) is 12.1 Å². The SMILES string of the molecule is Cc1cc(O)ccc1CC(=O)N(C)CCc1ccc(F)cc1. The second-order valence-corrected chi connectivity index (χ2v) is 5.48. The number of phenols is 1. The number of aryl methyl sites for hydroxylation is 1. The number of hydrogen-bond donors (Lipinski definition) is 1. The van der Waals surface area contributed by atoms with E-state index in [1.807, 2.05) is 6.92 Å². The summed E-state index contributed by atoms with van der Waals surface area (Å²) in [6, 6.07) is 11.3. The van der Waals surface area contributed by atoms with Crippen molar-refractivity contribution < 1.29 is 14.3 Å². The highest BCUT2D eigenvalue weighted by molar-refractivity contribution is 5.79. The standard InChI is InChI=1S/C18H20FNO2/c1-13-11-17(21)8-5-15(13)12-18(22)20(2)10-9-14-3-6-16(19)7-4-14/h3-8,11,21H,9-10,12H2,1-2H3. The van der Waals surface area contributed by atoms with Gasteiger partial charge in [-0.3, -0.25) is 4.79 Å². The molecule has 116 valence electrons. The van der Waals surface area contributed by atoms with E-state index in [-0.39, 0.29) is 17.5 Å². The Balaban J connectivity index is 1.90. The molecule has 0 fully saturated rings. The molecule has 2 rings (SSSR count). The quantitative estimate of drug-likeness (QED) is 0.922. The molecule has 2 aromatic rings. The molecule has 0 aliphatic carbocycles. The van der Waals surface area contributed by atoms with Gasteiger partial charge in [0.05, 0.1) is 6.42 Å². The summed E-state index contributed by atoms with van der Waals surface area (Å²) in [6.45, 7) is 2.46. The van der Waals surface area contributed by atoms with Crippen molar-refractivity contribution in [2.75, 3.05) is 13.6 Å². The van der Waals surface area contributed by atoms with Crippen LogP contribution in [0.15, 0.2) is 42.5 Å². The predicted molar refractivity (Wildman–Crippen MR) is 84.3 cm³/mol. The summed E-state index contributed by atoms with van der Waals surface area (Å²) >= 11 is 0. The highest BCUT2D eigenvalue weighted by Crippen LogP contribution is 2.16. The van der Waals surface area contributed by atoms with Crippen LogP contribution < -0.4 is 0 Å². The first-order valence-electron chi connectivity index (χ1n) is 7.22. The fourth-order valence-corrected chi connectivity index (χ4v) is 2.25. The minimum absolute atomic E-state index is 0.0240. The molecule has 0 saturated heterocycles. The van der Waals surface area contributed by atoms with Crippen LogP contribution in [0.3, 0.4) is 0 Å². The molecule has 0 aliphatic rings. The predicted octanol–water partition coefficient (Wildman–Crippen LogP) is 3.08. The molecule has 2 aromatic carbocycles. The number of benzene rings is 2. The Morgan fingerprint density at radius 1 is 1.18 bits per heavy atom. The Labute approximate surface area is 130 Å². The summed E-state index contributed by atoms with van der Waals surface area (Å²) in [6.07, 6.45) is 1.00. The number of carbonyl (C=O) groups excluding carboxylic acids is 1. The lowest BCUT2D eigenvalue weighted by atomic mass is 10.0. The third-order valence-corrected chi connectivity index (χ3v) is 3.74. The van der Waals surface area contributed by atoms with Crippen molar-refractivity contribution in [1.29, 1.82) is 0 Å². The van der Waals surface area contributed by atoms with E-state index in [2.05, 4.69) is 0 Å². The highest BCUT2D eigenvalue weighted by atomic mass is 19.1. The summed E-state index contributed by atoms with van der Waals surface area (Å²) in [5, 5.41) is 9.39. The van der Waals surface area contributed by atoms with E-state index in [0.29, 0.717) is 19.4 Å². The van der Waals surface area contributed by atoms with Gasteiger partial charge in [0.25, 0.3) is 0 Å². The van der Waals surface area contributed by atoms with Crippen LogP contribution in [-0.4, -0.2) is 29.5 Å². The Hall–Kier alpha value is -2.36. The molecule has 1 amide bonds. The Morgan fingerprint density at radius 2 is 1.86 bits per heavy atom. The third kappa shape index (κ3) is 4.32. The molecule has 0 bridgehead atoms. The average Bonchev–Trinajstić information content (AvgIpc) is 2.49. The maximum absolute atomic E-state index is 12.8. The van der Waals surface area contributed by atoms with Crippen molar-refractivity contribution in [3.63, 3.8) is 0 Å². The van der Waals surface area contributed by atoms with Crippen LogP contribution in [0.4, 0.5) is 4.39 Å². The lowest BCUT2D eigenvalue weighted by molar-refractivity contribution is -0.129. The second kappa shape index (κ2) is 7.07. The molecule has 0 atom stereocenters. The van der Waals surface area contributed by atoms with Gasteiger partial charge in [0, 0.05) is 13.6 Å². The number of likely N-dealkylation sites (N-methyl/N-ethyl adjacent to an activating group) is 1. The number of amides is 1. The molecule has 1 N–H and O–H groups in total. The molecule has 0 unspecified atom stereocenters. The Kier molecular flexibility index (Phi) is 5.15. The molecule has 3 nitrogen and oxygen atoms in total. The maximum atomic E-state index is 12.8. The van der Waals surface area contributed by atoms with Crippen molar-refractivity contribution in [2.45, 2.75) is 19.8 Å². The van der Waals surface area contributed by atoms with Crippen molar-refractivity contribution >= 4 is 5.91 Å². The molecule has 4 heteroatoms. The molecule has 0 saturated carbocycles. The molecule has 0 aliphatic heterocycles. The number of phenolic OH excluding ortho intramolecular Hbond substituents is 1. The summed E-state index contributed by atoms with van der Waals surface area (Å²) in [7, 11) is 1.77. The minimum Gasteiger partial charge on any atom is -0.508 e. The Bertz CT molecular complexity index is 653. The van der Waals surface area contributed by atoms with Crippen molar-refractivity contribution in [2.24, 2.45) is 0 Å². The van der Waals surface area contributed by atoms with Crippen LogP contribution in [0, 0.1) is 12.7 Å². The van der Waals surface area contributed by atoms with Gasteiger partial charge in [0.2, 0.25) is 5.91 Å². The van der Waals surface area contributed by atoms with Gasteiger partial charge in [-0.15, -0.1) is 0 Å². The second-order valence-electron chi connectivity index (χ2n) is 5.48. The van der Waals surface area contributed by atoms with Crippen LogP contribution in [0.1, 0.15) is 16.7 Å². The summed E-state index contributed by atoms with van der Waals surface area (Å²) in [5.74, 6) is -0.0229. The number of carbonyl (C=O) groups is 1. The van der Waals surface area contributed by atoms with Crippen LogP contribution >= 0.6 is 0 Å². The highest BCUT2D eigenvalue weighted by Gasteiger charge is 2.11. The molecule has 0 radical (unpaired) electrons. The molecule has 0 heterocycles. The van der Waals surface area contributed by atoms with Crippen LogP contribution in [-0.2, 0) is 17.6 Å². The minimum atomic E-state index is -0.254. The van der Waals surface area contributed by atoms with Gasteiger partial charge < -0.3 is 10.0 Å². The van der Waals surface area contributed by atoms with Gasteiger partial charge in [-0.1, -0.05) is 18.2 Å². The largest absolute Gasteiger partial charge is 0.508 e. The van der Waals surface area contributed by atoms with Crippen LogP contribution in [0.2, 0.25) is 0 Å². The molecular weight excluding hydrogens is 281 g/mol. The van der Waals surface area contributed by atoms with E-state index in [4.69, 9.17) is 0 Å². The van der Waals surface area contributed by atoms with Gasteiger partial charge >= 0.3 is 0 Å². The number of rotatable bonds is 5. The molecular formula is C18H20FNO2. The molecule has 22 heavy (non-hydrogen) atoms. The van der Waals surface area contributed by atoms with Crippen molar-refractivity contribution in [3.05, 3.63) is 65.0 Å². The van der Waals surface area contributed by atoms with Gasteiger partial charge in [0.15, 0.2) is 0 Å². The summed E-state index contributed by atoms with van der Waals surface area (Å²) < 4.78 is 12.8. The summed E-state index contributed by atoms with van der Waals surface area (Å²) in [4.78, 5) is 13.9. The topological polar surface area (TPSA) is 40.5 Å². The van der Waals surface area contributed by atoms with E-state index in [0.717, 1.165) is 16.7 Å². The molecule has 0 aromatic heterocycles. The first-order chi connectivity index (χ1) is 10.5. The van der Waals surface area contributed by atoms with Gasteiger partial charge in [-0.2, -0.15) is 0 Å². The monoisotopic (exact) mass is 301 g/mol. The van der Waals surface area contributed by atoms with Gasteiger partial charge in [-0.05, 0) is 54.3 Å². The number of aromatic hydroxyl groups is 1. The van der Waals surface area contributed by atoms with Crippen LogP contribution in [0.25, 0.3) is 0 Å².